The molecular weight excluding hydrogens is 308 g/mol. The van der Waals surface area contributed by atoms with Gasteiger partial charge in [0.05, 0.1) is 6.42 Å². The van der Waals surface area contributed by atoms with E-state index >= 15 is 0 Å². The Bertz CT molecular complexity index is 605. The molecule has 0 aliphatic rings. The molecule has 5 heteroatoms. The summed E-state index contributed by atoms with van der Waals surface area (Å²) in [7, 11) is 0. The SMILES string of the molecule is Cc1cc(Br)ccc1-c1noc(CC(=O)C(C)C)n1. The quantitative estimate of drug-likeness (QED) is 0.863. The van der Waals surface area contributed by atoms with Crippen molar-refractivity contribution in [3.8, 4) is 11.4 Å². The highest BCUT2D eigenvalue weighted by Crippen LogP contribution is 2.24. The van der Waals surface area contributed by atoms with E-state index in [1.54, 1.807) is 0 Å². The van der Waals surface area contributed by atoms with Crippen LogP contribution in [0.1, 0.15) is 25.3 Å². The lowest BCUT2D eigenvalue weighted by molar-refractivity contribution is -0.121. The van der Waals surface area contributed by atoms with Crippen LogP contribution in [0.4, 0.5) is 0 Å². The zero-order chi connectivity index (χ0) is 14.0. The van der Waals surface area contributed by atoms with Gasteiger partial charge in [-0.3, -0.25) is 4.79 Å². The Labute approximate surface area is 120 Å². The maximum absolute atomic E-state index is 11.6. The molecule has 0 fully saturated rings. The van der Waals surface area contributed by atoms with Crippen molar-refractivity contribution in [1.29, 1.82) is 0 Å². The van der Waals surface area contributed by atoms with Crippen molar-refractivity contribution in [2.45, 2.75) is 27.2 Å². The van der Waals surface area contributed by atoms with Crippen LogP contribution in [0.15, 0.2) is 27.2 Å². The number of ketones is 1. The molecule has 19 heavy (non-hydrogen) atoms. The number of aryl methyl sites for hydroxylation is 1. The summed E-state index contributed by atoms with van der Waals surface area (Å²) in [5, 5.41) is 3.94. The third-order valence-electron chi connectivity index (χ3n) is 2.87. The van der Waals surface area contributed by atoms with Gasteiger partial charge in [0.15, 0.2) is 0 Å². The Hall–Kier alpha value is -1.49. The minimum atomic E-state index is -0.0234. The topological polar surface area (TPSA) is 56.0 Å². The van der Waals surface area contributed by atoms with Gasteiger partial charge >= 0.3 is 0 Å². The fraction of sp³-hybridized carbons (Fsp3) is 0.357. The normalized spacial score (nSPS) is 11.0. The molecule has 2 rings (SSSR count). The van der Waals surface area contributed by atoms with Gasteiger partial charge in [-0.15, -0.1) is 0 Å². The number of Topliss-reactive ketones (excluding diaryl/α,β-unsaturated/α-hetero) is 1. The average molecular weight is 323 g/mol. The van der Waals surface area contributed by atoms with E-state index in [1.165, 1.54) is 0 Å². The van der Waals surface area contributed by atoms with E-state index in [4.69, 9.17) is 4.52 Å². The summed E-state index contributed by atoms with van der Waals surface area (Å²) in [5.41, 5.74) is 1.96. The second-order valence-corrected chi connectivity index (χ2v) is 5.68. The van der Waals surface area contributed by atoms with Crippen LogP contribution in [0.25, 0.3) is 11.4 Å². The molecule has 0 aliphatic carbocycles. The number of nitrogens with zero attached hydrogens (tertiary/aromatic N) is 2. The number of rotatable bonds is 4. The molecule has 0 unspecified atom stereocenters. The third-order valence-corrected chi connectivity index (χ3v) is 3.36. The average Bonchev–Trinajstić information content (AvgIpc) is 2.77. The molecule has 100 valence electrons. The van der Waals surface area contributed by atoms with Crippen molar-refractivity contribution in [2.75, 3.05) is 0 Å². The van der Waals surface area contributed by atoms with Crippen LogP contribution in [0.3, 0.4) is 0 Å². The summed E-state index contributed by atoms with van der Waals surface area (Å²) in [4.78, 5) is 15.9. The number of hydrogen-bond acceptors (Lipinski definition) is 4. The zero-order valence-corrected chi connectivity index (χ0v) is 12.7. The fourth-order valence-corrected chi connectivity index (χ4v) is 2.14. The first kappa shape index (κ1) is 13.9. The van der Waals surface area contributed by atoms with E-state index in [9.17, 15) is 4.79 Å². The van der Waals surface area contributed by atoms with Crippen molar-refractivity contribution >= 4 is 21.7 Å². The lowest BCUT2D eigenvalue weighted by atomic mass is 10.1. The fourth-order valence-electron chi connectivity index (χ4n) is 1.67. The predicted molar refractivity (Wildman–Crippen MR) is 75.7 cm³/mol. The van der Waals surface area contributed by atoms with Gasteiger partial charge in [0, 0.05) is 16.0 Å². The maximum atomic E-state index is 11.6. The van der Waals surface area contributed by atoms with Gasteiger partial charge < -0.3 is 4.52 Å². The van der Waals surface area contributed by atoms with Crippen LogP contribution in [0.5, 0.6) is 0 Å². The zero-order valence-electron chi connectivity index (χ0n) is 11.1. The van der Waals surface area contributed by atoms with Crippen LogP contribution in [0, 0.1) is 12.8 Å². The van der Waals surface area contributed by atoms with Crippen LogP contribution in [-0.2, 0) is 11.2 Å². The first-order valence-corrected chi connectivity index (χ1v) is 6.88. The summed E-state index contributed by atoms with van der Waals surface area (Å²) in [6, 6.07) is 5.85. The molecule has 0 bridgehead atoms. The minimum Gasteiger partial charge on any atom is -0.339 e. The molecular formula is C14H15BrN2O2. The lowest BCUT2D eigenvalue weighted by Gasteiger charge is -2.00. The van der Waals surface area contributed by atoms with Gasteiger partial charge in [0.25, 0.3) is 0 Å². The van der Waals surface area contributed by atoms with Crippen LogP contribution >= 0.6 is 15.9 Å². The van der Waals surface area contributed by atoms with Gasteiger partial charge in [-0.1, -0.05) is 34.9 Å². The minimum absolute atomic E-state index is 0.0234. The van der Waals surface area contributed by atoms with E-state index in [2.05, 4.69) is 26.1 Å². The second kappa shape index (κ2) is 5.65. The molecule has 0 spiro atoms. The molecule has 0 radical (unpaired) electrons. The second-order valence-electron chi connectivity index (χ2n) is 4.77. The van der Waals surface area contributed by atoms with Crippen LogP contribution < -0.4 is 0 Å². The Morgan fingerprint density at radius 2 is 2.16 bits per heavy atom. The molecule has 0 N–H and O–H groups in total. The van der Waals surface area contributed by atoms with Gasteiger partial charge in [0.1, 0.15) is 5.78 Å². The maximum Gasteiger partial charge on any atom is 0.234 e. The molecule has 0 amide bonds. The summed E-state index contributed by atoms with van der Waals surface area (Å²) < 4.78 is 6.14. The predicted octanol–water partition coefficient (Wildman–Crippen LogP) is 3.58. The molecule has 4 nitrogen and oxygen atoms in total. The van der Waals surface area contributed by atoms with Crippen molar-refractivity contribution in [3.63, 3.8) is 0 Å². The molecule has 1 aromatic heterocycles. The Kier molecular flexibility index (Phi) is 4.14. The monoisotopic (exact) mass is 322 g/mol. The van der Waals surface area contributed by atoms with Crippen molar-refractivity contribution in [1.82, 2.24) is 10.1 Å². The number of halogens is 1. The molecule has 0 saturated carbocycles. The summed E-state index contributed by atoms with van der Waals surface area (Å²) in [6.07, 6.45) is 0.195. The van der Waals surface area contributed by atoms with Crippen molar-refractivity contribution in [2.24, 2.45) is 5.92 Å². The number of hydrogen-bond donors (Lipinski definition) is 0. The van der Waals surface area contributed by atoms with Crippen LogP contribution in [-0.4, -0.2) is 15.9 Å². The van der Waals surface area contributed by atoms with E-state index in [-0.39, 0.29) is 18.1 Å². The van der Waals surface area contributed by atoms with Crippen molar-refractivity contribution < 1.29 is 9.32 Å². The first-order valence-electron chi connectivity index (χ1n) is 6.09. The molecule has 0 aliphatic heterocycles. The number of aromatic nitrogens is 2. The van der Waals surface area contributed by atoms with Crippen molar-refractivity contribution in [3.05, 3.63) is 34.1 Å². The number of carbonyl (C=O) groups excluding carboxylic acids is 1. The summed E-state index contributed by atoms with van der Waals surface area (Å²) >= 11 is 3.41. The van der Waals surface area contributed by atoms with E-state index in [0.717, 1.165) is 15.6 Å². The Morgan fingerprint density at radius 1 is 1.42 bits per heavy atom. The van der Waals surface area contributed by atoms with Gasteiger partial charge in [0.2, 0.25) is 11.7 Å². The van der Waals surface area contributed by atoms with Crippen LogP contribution in [0.2, 0.25) is 0 Å². The molecule has 2 aromatic rings. The molecule has 1 aromatic carbocycles. The van der Waals surface area contributed by atoms with E-state index in [0.29, 0.717) is 11.7 Å². The number of carbonyl (C=O) groups is 1. The standard InChI is InChI=1S/C14H15BrN2O2/c1-8(2)12(18)7-13-16-14(17-19-13)11-5-4-10(15)6-9(11)3/h4-6,8H,7H2,1-3H3. The van der Waals surface area contributed by atoms with E-state index < -0.39 is 0 Å². The summed E-state index contributed by atoms with van der Waals surface area (Å²) in [5.74, 6) is 0.972. The van der Waals surface area contributed by atoms with Gasteiger partial charge in [-0.25, -0.2) is 0 Å². The van der Waals surface area contributed by atoms with Gasteiger partial charge in [-0.2, -0.15) is 4.98 Å². The highest BCUT2D eigenvalue weighted by molar-refractivity contribution is 9.10. The van der Waals surface area contributed by atoms with Gasteiger partial charge in [-0.05, 0) is 30.7 Å². The Morgan fingerprint density at radius 3 is 2.79 bits per heavy atom. The first-order chi connectivity index (χ1) is 8.97. The largest absolute Gasteiger partial charge is 0.339 e. The lowest BCUT2D eigenvalue weighted by Crippen LogP contribution is -2.10. The third kappa shape index (κ3) is 3.29. The summed E-state index contributed by atoms with van der Waals surface area (Å²) in [6.45, 7) is 5.70. The molecule has 0 atom stereocenters. The molecule has 0 saturated heterocycles. The number of benzene rings is 1. The molecule has 1 heterocycles. The smallest absolute Gasteiger partial charge is 0.234 e. The highest BCUT2D eigenvalue weighted by Gasteiger charge is 2.15. The highest BCUT2D eigenvalue weighted by atomic mass is 79.9. The van der Waals surface area contributed by atoms with E-state index in [1.807, 2.05) is 39.0 Å². The Balaban J connectivity index is 2.23.